The lowest BCUT2D eigenvalue weighted by molar-refractivity contribution is 0.560. The van der Waals surface area contributed by atoms with Crippen LogP contribution in [0.4, 0.5) is 5.69 Å². The lowest BCUT2D eigenvalue weighted by Crippen LogP contribution is -2.24. The lowest BCUT2D eigenvalue weighted by atomic mass is 10.1. The van der Waals surface area contributed by atoms with E-state index >= 15 is 0 Å². The summed E-state index contributed by atoms with van der Waals surface area (Å²) in [6, 6.07) is 13.7. The molecule has 0 amide bonds. The minimum atomic E-state index is -1.96. The Bertz CT molecular complexity index is 527. The highest BCUT2D eigenvalue weighted by Crippen LogP contribution is 2.22. The van der Waals surface area contributed by atoms with Crippen LogP contribution in [-0.2, 0) is 11.3 Å². The molecule has 0 radical (unpaired) electrons. The molecular weight excluding hydrogens is 222 g/mol. The van der Waals surface area contributed by atoms with Gasteiger partial charge in [-0.2, -0.15) is 0 Å². The molecule has 0 spiro atoms. The zero-order valence-corrected chi connectivity index (χ0v) is 9.78. The molecule has 4 heteroatoms. The summed E-state index contributed by atoms with van der Waals surface area (Å²) in [5.41, 5.74) is 0.766. The van der Waals surface area contributed by atoms with Crippen molar-refractivity contribution in [3.05, 3.63) is 42.5 Å². The van der Waals surface area contributed by atoms with Crippen LogP contribution in [0, 0.1) is 0 Å². The van der Waals surface area contributed by atoms with Crippen molar-refractivity contribution in [2.24, 2.45) is 0 Å². The van der Waals surface area contributed by atoms with Crippen molar-refractivity contribution in [2.45, 2.75) is 6.92 Å². The molecule has 0 aromatic heterocycles. The molecule has 0 saturated carbocycles. The third-order valence-electron chi connectivity index (χ3n) is 2.50. The van der Waals surface area contributed by atoms with Gasteiger partial charge in [-0.25, -0.2) is 4.21 Å². The summed E-state index contributed by atoms with van der Waals surface area (Å²) in [6.07, 6.45) is 0. The average Bonchev–Trinajstić information content (AvgIpc) is 2.29. The molecule has 84 valence electrons. The maximum Gasteiger partial charge on any atom is 0.261 e. The first-order chi connectivity index (χ1) is 7.72. The molecule has 1 atom stereocenters. The van der Waals surface area contributed by atoms with E-state index < -0.39 is 11.3 Å². The number of rotatable bonds is 3. The molecule has 16 heavy (non-hydrogen) atoms. The minimum Gasteiger partial charge on any atom is -0.289 e. The predicted octanol–water partition coefficient (Wildman–Crippen LogP) is 2.80. The summed E-state index contributed by atoms with van der Waals surface area (Å²) in [5, 5.41) is 2.20. The van der Waals surface area contributed by atoms with Crippen molar-refractivity contribution in [2.75, 3.05) is 10.8 Å². The quantitative estimate of drug-likeness (QED) is 0.831. The van der Waals surface area contributed by atoms with Crippen LogP contribution in [0.3, 0.4) is 0 Å². The zero-order chi connectivity index (χ0) is 11.5. The van der Waals surface area contributed by atoms with Crippen LogP contribution in [0.1, 0.15) is 6.92 Å². The molecule has 0 heterocycles. The average molecular weight is 235 g/mol. The van der Waals surface area contributed by atoms with E-state index in [0.29, 0.717) is 6.54 Å². The van der Waals surface area contributed by atoms with Gasteiger partial charge in [0, 0.05) is 6.54 Å². The van der Waals surface area contributed by atoms with Gasteiger partial charge in [-0.05, 0) is 29.8 Å². The normalized spacial score (nSPS) is 12.6. The fourth-order valence-electron chi connectivity index (χ4n) is 1.72. The van der Waals surface area contributed by atoms with Crippen molar-refractivity contribution >= 4 is 27.7 Å². The van der Waals surface area contributed by atoms with Gasteiger partial charge in [0.1, 0.15) is 0 Å². The van der Waals surface area contributed by atoms with E-state index in [2.05, 4.69) is 0 Å². The number of fused-ring (bicyclic) bond motifs is 1. The highest BCUT2D eigenvalue weighted by molar-refractivity contribution is 7.80. The van der Waals surface area contributed by atoms with Crippen molar-refractivity contribution in [3.8, 4) is 0 Å². The fourth-order valence-corrected chi connectivity index (χ4v) is 2.23. The molecule has 0 aliphatic heterocycles. The van der Waals surface area contributed by atoms with Gasteiger partial charge in [0.25, 0.3) is 11.3 Å². The molecule has 2 aromatic carbocycles. The fraction of sp³-hybridized carbons (Fsp3) is 0.167. The van der Waals surface area contributed by atoms with E-state index in [1.54, 1.807) is 0 Å². The van der Waals surface area contributed by atoms with Crippen LogP contribution in [0.25, 0.3) is 10.8 Å². The van der Waals surface area contributed by atoms with Gasteiger partial charge >= 0.3 is 0 Å². The molecule has 0 fully saturated rings. The van der Waals surface area contributed by atoms with Crippen molar-refractivity contribution in [1.82, 2.24) is 0 Å². The monoisotopic (exact) mass is 235 g/mol. The van der Waals surface area contributed by atoms with Gasteiger partial charge < -0.3 is 0 Å². The standard InChI is InChI=1S/C12H13NO2S/c1-2-13(16(14)15)12-8-7-10-5-3-4-6-11(10)9-12/h3-9H,2H2,1H3,(H,14,15). The van der Waals surface area contributed by atoms with Crippen LogP contribution in [0.5, 0.6) is 0 Å². The summed E-state index contributed by atoms with van der Waals surface area (Å²) in [7, 11) is 0. The van der Waals surface area contributed by atoms with Crippen LogP contribution in [-0.4, -0.2) is 15.3 Å². The van der Waals surface area contributed by atoms with Crippen molar-refractivity contribution in [1.29, 1.82) is 0 Å². The third kappa shape index (κ3) is 2.08. The largest absolute Gasteiger partial charge is 0.289 e. The molecule has 2 rings (SSSR count). The highest BCUT2D eigenvalue weighted by Gasteiger charge is 2.09. The van der Waals surface area contributed by atoms with E-state index in [0.717, 1.165) is 16.5 Å². The maximum absolute atomic E-state index is 11.1. The first-order valence-corrected chi connectivity index (χ1v) is 6.16. The molecule has 3 nitrogen and oxygen atoms in total. The van der Waals surface area contributed by atoms with E-state index in [1.165, 1.54) is 4.31 Å². The first kappa shape index (κ1) is 11.1. The van der Waals surface area contributed by atoms with Gasteiger partial charge in [0.15, 0.2) is 0 Å². The van der Waals surface area contributed by atoms with Gasteiger partial charge in [-0.3, -0.25) is 8.86 Å². The summed E-state index contributed by atoms with van der Waals surface area (Å²) in [4.78, 5) is 0. The second kappa shape index (κ2) is 4.63. The topological polar surface area (TPSA) is 40.5 Å². The molecule has 1 N–H and O–H groups in total. The lowest BCUT2D eigenvalue weighted by Gasteiger charge is -2.18. The Labute approximate surface area is 97.1 Å². The smallest absolute Gasteiger partial charge is 0.261 e. The Hall–Kier alpha value is -1.39. The van der Waals surface area contributed by atoms with E-state index in [1.807, 2.05) is 49.4 Å². The second-order valence-corrected chi connectivity index (χ2v) is 4.36. The molecule has 2 aromatic rings. The Balaban J connectivity index is 2.49. The molecule has 1 unspecified atom stereocenters. The molecule has 0 saturated heterocycles. The summed E-state index contributed by atoms with van der Waals surface area (Å²) < 4.78 is 21.7. The highest BCUT2D eigenvalue weighted by atomic mass is 32.2. The van der Waals surface area contributed by atoms with Gasteiger partial charge in [-0.15, -0.1) is 0 Å². The molecular formula is C12H13NO2S. The van der Waals surface area contributed by atoms with Crippen LogP contribution in [0.15, 0.2) is 42.5 Å². The third-order valence-corrected chi connectivity index (χ3v) is 3.34. The van der Waals surface area contributed by atoms with E-state index in [4.69, 9.17) is 4.55 Å². The number of benzene rings is 2. The Morgan fingerprint density at radius 2 is 1.88 bits per heavy atom. The van der Waals surface area contributed by atoms with Gasteiger partial charge in [-0.1, -0.05) is 30.3 Å². The second-order valence-electron chi connectivity index (χ2n) is 3.46. The van der Waals surface area contributed by atoms with Crippen molar-refractivity contribution < 1.29 is 8.76 Å². The van der Waals surface area contributed by atoms with Crippen LogP contribution in [0.2, 0.25) is 0 Å². The van der Waals surface area contributed by atoms with Crippen molar-refractivity contribution in [3.63, 3.8) is 0 Å². The summed E-state index contributed by atoms with van der Waals surface area (Å²) in [5.74, 6) is 0. The van der Waals surface area contributed by atoms with E-state index in [9.17, 15) is 4.21 Å². The Morgan fingerprint density at radius 3 is 2.50 bits per heavy atom. The number of hydrogen-bond acceptors (Lipinski definition) is 1. The maximum atomic E-state index is 11.1. The zero-order valence-electron chi connectivity index (χ0n) is 8.96. The van der Waals surface area contributed by atoms with Crippen LogP contribution < -0.4 is 4.31 Å². The van der Waals surface area contributed by atoms with Crippen LogP contribution >= 0.6 is 0 Å². The Morgan fingerprint density at radius 1 is 1.19 bits per heavy atom. The minimum absolute atomic E-state index is 0.501. The number of nitrogens with zero attached hydrogens (tertiary/aromatic N) is 1. The Kier molecular flexibility index (Phi) is 3.22. The molecule has 0 bridgehead atoms. The summed E-state index contributed by atoms with van der Waals surface area (Å²) >= 11 is -1.96. The molecule has 0 aliphatic rings. The SMILES string of the molecule is CCN(c1ccc2ccccc2c1)S(=O)O. The first-order valence-electron chi connectivity index (χ1n) is 5.09. The summed E-state index contributed by atoms with van der Waals surface area (Å²) in [6.45, 7) is 2.35. The number of anilines is 1. The van der Waals surface area contributed by atoms with E-state index in [-0.39, 0.29) is 0 Å². The number of hydrogen-bond donors (Lipinski definition) is 1. The van der Waals surface area contributed by atoms with Gasteiger partial charge in [0.05, 0.1) is 5.69 Å². The molecule has 0 aliphatic carbocycles. The van der Waals surface area contributed by atoms with Gasteiger partial charge in [0.2, 0.25) is 0 Å². The predicted molar refractivity (Wildman–Crippen MR) is 67.7 cm³/mol.